The van der Waals surface area contributed by atoms with Crippen LogP contribution in [0.25, 0.3) is 0 Å². The lowest BCUT2D eigenvalue weighted by Gasteiger charge is -2.14. The summed E-state index contributed by atoms with van der Waals surface area (Å²) in [4.78, 5) is 28.1. The lowest BCUT2D eigenvalue weighted by atomic mass is 10.1. The Hall–Kier alpha value is -2.61. The van der Waals surface area contributed by atoms with Gasteiger partial charge >= 0.3 is 6.18 Å². The number of nitrogens with zero attached hydrogens (tertiary/aromatic N) is 1. The summed E-state index contributed by atoms with van der Waals surface area (Å²) < 4.78 is 39.3. The van der Waals surface area contributed by atoms with E-state index in [-0.39, 0.29) is 16.4 Å². The van der Waals surface area contributed by atoms with Gasteiger partial charge in [0, 0.05) is 11.6 Å². The predicted molar refractivity (Wildman–Crippen MR) is 91.3 cm³/mol. The molecule has 5 nitrogen and oxygen atoms in total. The Morgan fingerprint density at radius 2 is 1.77 bits per heavy atom. The third-order valence-corrected chi connectivity index (χ3v) is 3.52. The van der Waals surface area contributed by atoms with Gasteiger partial charge in [-0.3, -0.25) is 9.59 Å². The molecule has 2 N–H and O–H groups in total. The zero-order chi connectivity index (χ0) is 19.3. The quantitative estimate of drug-likeness (QED) is 0.812. The van der Waals surface area contributed by atoms with E-state index in [0.29, 0.717) is 6.54 Å². The van der Waals surface area contributed by atoms with Crippen molar-refractivity contribution in [1.29, 1.82) is 0 Å². The Morgan fingerprint density at radius 1 is 1.12 bits per heavy atom. The van der Waals surface area contributed by atoms with Crippen molar-refractivity contribution in [2.75, 3.05) is 11.9 Å². The Balaban J connectivity index is 2.25. The van der Waals surface area contributed by atoms with Gasteiger partial charge in [-0.05, 0) is 36.8 Å². The second-order valence-electron chi connectivity index (χ2n) is 5.31. The molecule has 0 bridgehead atoms. The number of pyridine rings is 1. The molecule has 26 heavy (non-hydrogen) atoms. The average molecular weight is 386 g/mol. The minimum atomic E-state index is -4.69. The summed E-state index contributed by atoms with van der Waals surface area (Å²) in [7, 11) is 0. The van der Waals surface area contributed by atoms with Crippen LogP contribution in [0.5, 0.6) is 0 Å². The van der Waals surface area contributed by atoms with Gasteiger partial charge in [-0.1, -0.05) is 24.6 Å². The maximum absolute atomic E-state index is 13.1. The molecule has 2 amide bonds. The van der Waals surface area contributed by atoms with Crippen molar-refractivity contribution in [2.45, 2.75) is 19.5 Å². The van der Waals surface area contributed by atoms with Gasteiger partial charge in [0.05, 0.1) is 11.3 Å². The number of hydrogen-bond donors (Lipinski definition) is 2. The van der Waals surface area contributed by atoms with Gasteiger partial charge in [0.2, 0.25) is 0 Å². The first-order valence-corrected chi connectivity index (χ1v) is 8.03. The van der Waals surface area contributed by atoms with E-state index in [1.165, 1.54) is 24.3 Å². The highest BCUT2D eigenvalue weighted by molar-refractivity contribution is 6.30. The van der Waals surface area contributed by atoms with E-state index in [2.05, 4.69) is 15.6 Å². The molecule has 0 spiro atoms. The molecule has 1 heterocycles. The van der Waals surface area contributed by atoms with Crippen molar-refractivity contribution >= 4 is 29.1 Å². The van der Waals surface area contributed by atoms with Crippen LogP contribution in [0.3, 0.4) is 0 Å². The summed E-state index contributed by atoms with van der Waals surface area (Å²) in [5.74, 6) is -1.34. The van der Waals surface area contributed by atoms with Gasteiger partial charge in [0.15, 0.2) is 0 Å². The maximum Gasteiger partial charge on any atom is 0.418 e. The molecule has 9 heteroatoms. The van der Waals surface area contributed by atoms with Gasteiger partial charge in [-0.25, -0.2) is 4.98 Å². The average Bonchev–Trinajstić information content (AvgIpc) is 2.60. The molecule has 2 rings (SSSR count). The first-order chi connectivity index (χ1) is 12.2. The van der Waals surface area contributed by atoms with Gasteiger partial charge < -0.3 is 10.6 Å². The highest BCUT2D eigenvalue weighted by atomic mass is 35.5. The molecule has 1 aromatic carbocycles. The summed E-state index contributed by atoms with van der Waals surface area (Å²) in [5.41, 5.74) is -1.71. The number of hydrogen-bond acceptors (Lipinski definition) is 3. The zero-order valence-electron chi connectivity index (χ0n) is 13.7. The van der Waals surface area contributed by atoms with E-state index < -0.39 is 29.2 Å². The van der Waals surface area contributed by atoms with Crippen LogP contribution in [0.2, 0.25) is 5.02 Å². The monoisotopic (exact) mass is 385 g/mol. The van der Waals surface area contributed by atoms with Gasteiger partial charge in [0.25, 0.3) is 11.8 Å². The minimum absolute atomic E-state index is 0.00162. The second kappa shape index (κ2) is 8.18. The molecule has 0 unspecified atom stereocenters. The maximum atomic E-state index is 13.1. The third kappa shape index (κ3) is 4.95. The fourth-order valence-corrected chi connectivity index (χ4v) is 2.24. The van der Waals surface area contributed by atoms with E-state index in [0.717, 1.165) is 18.6 Å². The van der Waals surface area contributed by atoms with Crippen LogP contribution in [0.4, 0.5) is 18.9 Å². The number of rotatable bonds is 5. The Labute approximate surface area is 152 Å². The molecular formula is C17H15ClF3N3O2. The minimum Gasteiger partial charge on any atom is -0.351 e. The topological polar surface area (TPSA) is 71.1 Å². The van der Waals surface area contributed by atoms with Crippen LogP contribution in [0.1, 0.15) is 39.9 Å². The molecule has 0 saturated carbocycles. The van der Waals surface area contributed by atoms with Gasteiger partial charge in [-0.2, -0.15) is 13.2 Å². The molecule has 2 aromatic rings. The summed E-state index contributed by atoms with van der Waals surface area (Å²) in [5, 5.41) is 4.65. The highest BCUT2D eigenvalue weighted by Gasteiger charge is 2.34. The fraction of sp³-hybridized carbons (Fsp3) is 0.235. The van der Waals surface area contributed by atoms with Crippen molar-refractivity contribution in [3.05, 3.63) is 58.4 Å². The predicted octanol–water partition coefficient (Wildman–Crippen LogP) is 4.15. The highest BCUT2D eigenvalue weighted by Crippen LogP contribution is 2.36. The van der Waals surface area contributed by atoms with Gasteiger partial charge in [-0.15, -0.1) is 0 Å². The van der Waals surface area contributed by atoms with Gasteiger partial charge in [0.1, 0.15) is 11.4 Å². The fourth-order valence-electron chi connectivity index (χ4n) is 2.06. The number of carbonyl (C=O) groups is 2. The summed E-state index contributed by atoms with van der Waals surface area (Å²) in [6.07, 6.45) is -3.97. The zero-order valence-corrected chi connectivity index (χ0v) is 14.4. The number of halogens is 4. The first-order valence-electron chi connectivity index (χ1n) is 7.65. The molecule has 0 fully saturated rings. The smallest absolute Gasteiger partial charge is 0.351 e. The summed E-state index contributed by atoms with van der Waals surface area (Å²) in [6, 6.07) is 7.14. The molecule has 0 saturated heterocycles. The van der Waals surface area contributed by atoms with Crippen molar-refractivity contribution in [3.63, 3.8) is 0 Å². The molecule has 0 aliphatic rings. The Kier molecular flexibility index (Phi) is 6.20. The van der Waals surface area contributed by atoms with Crippen LogP contribution in [-0.2, 0) is 6.18 Å². The molecule has 0 atom stereocenters. The number of alkyl halides is 3. The molecule has 0 radical (unpaired) electrons. The SMILES string of the molecule is CCCNC(=O)c1cccc(C(=O)Nc2ccc(Cl)cc2C(F)(F)F)n1. The number of carbonyl (C=O) groups excluding carboxylic acids is 2. The van der Waals surface area contributed by atoms with Crippen molar-refractivity contribution in [1.82, 2.24) is 10.3 Å². The number of nitrogens with one attached hydrogen (secondary N) is 2. The first kappa shape index (κ1) is 19.7. The number of aromatic nitrogens is 1. The molecule has 0 aliphatic heterocycles. The van der Waals surface area contributed by atoms with Crippen molar-refractivity contribution in [3.8, 4) is 0 Å². The largest absolute Gasteiger partial charge is 0.418 e. The summed E-state index contributed by atoms with van der Waals surface area (Å²) >= 11 is 5.60. The third-order valence-electron chi connectivity index (χ3n) is 3.29. The molecule has 138 valence electrons. The standard InChI is InChI=1S/C17H15ClF3N3O2/c1-2-8-22-15(25)13-4-3-5-14(23-13)16(26)24-12-7-6-10(18)9-11(12)17(19,20)21/h3-7,9H,2,8H2,1H3,(H,22,25)(H,24,26). The van der Waals surface area contributed by atoms with E-state index in [1.54, 1.807) is 0 Å². The van der Waals surface area contributed by atoms with E-state index in [9.17, 15) is 22.8 Å². The van der Waals surface area contributed by atoms with Crippen LogP contribution >= 0.6 is 11.6 Å². The number of benzene rings is 1. The van der Waals surface area contributed by atoms with E-state index in [4.69, 9.17) is 11.6 Å². The molecular weight excluding hydrogens is 371 g/mol. The van der Waals surface area contributed by atoms with Crippen LogP contribution in [0, 0.1) is 0 Å². The van der Waals surface area contributed by atoms with Crippen molar-refractivity contribution < 1.29 is 22.8 Å². The molecule has 0 aliphatic carbocycles. The molecule has 1 aromatic heterocycles. The van der Waals surface area contributed by atoms with Crippen molar-refractivity contribution in [2.24, 2.45) is 0 Å². The normalized spacial score (nSPS) is 11.1. The van der Waals surface area contributed by atoms with Crippen LogP contribution in [-0.4, -0.2) is 23.3 Å². The Bertz CT molecular complexity index is 825. The lowest BCUT2D eigenvalue weighted by Crippen LogP contribution is -2.26. The lowest BCUT2D eigenvalue weighted by molar-refractivity contribution is -0.136. The summed E-state index contributed by atoms with van der Waals surface area (Å²) in [6.45, 7) is 2.32. The van der Waals surface area contributed by atoms with Crippen LogP contribution < -0.4 is 10.6 Å². The number of amides is 2. The van der Waals surface area contributed by atoms with E-state index in [1.807, 2.05) is 6.92 Å². The van der Waals surface area contributed by atoms with E-state index >= 15 is 0 Å². The second-order valence-corrected chi connectivity index (χ2v) is 5.74. The van der Waals surface area contributed by atoms with Crippen LogP contribution in [0.15, 0.2) is 36.4 Å². The number of anilines is 1. The Morgan fingerprint density at radius 3 is 2.38 bits per heavy atom.